The molecule has 0 radical (unpaired) electrons. The van der Waals surface area contributed by atoms with Crippen LogP contribution >= 0.6 is 0 Å². The number of ether oxygens (including phenoxy) is 1. The Labute approximate surface area is 153 Å². The maximum Gasteiger partial charge on any atom is 0.262 e. The smallest absolute Gasteiger partial charge is 0.262 e. The average Bonchev–Trinajstić information content (AvgIpc) is 2.69. The Morgan fingerprint density at radius 2 is 1.62 bits per heavy atom. The fraction of sp³-hybridized carbons (Fsp3) is 0.136. The molecule has 1 atom stereocenters. The van der Waals surface area contributed by atoms with Crippen molar-refractivity contribution >= 4 is 17.3 Å². The normalized spacial score (nSPS) is 16.0. The number of benzene rings is 3. The molecule has 0 aromatic heterocycles. The number of hydrogen-bond acceptors (Lipinski definition) is 3. The van der Waals surface area contributed by atoms with E-state index in [9.17, 15) is 4.79 Å². The highest BCUT2D eigenvalue weighted by Gasteiger charge is 2.33. The van der Waals surface area contributed by atoms with Gasteiger partial charge in [0.15, 0.2) is 0 Å². The summed E-state index contributed by atoms with van der Waals surface area (Å²) in [6, 6.07) is 23.4. The van der Waals surface area contributed by atoms with E-state index in [1.807, 2.05) is 48.5 Å². The summed E-state index contributed by atoms with van der Waals surface area (Å²) >= 11 is 0. The molecule has 1 heterocycles. The first-order valence-electron chi connectivity index (χ1n) is 8.57. The van der Waals surface area contributed by atoms with Gasteiger partial charge < -0.3 is 10.1 Å². The Bertz CT molecular complexity index is 933. The number of carbonyl (C=O) groups is 1. The number of hydrogen-bond donors (Lipinski definition) is 1. The van der Waals surface area contributed by atoms with Gasteiger partial charge in [-0.1, -0.05) is 42.0 Å². The van der Waals surface area contributed by atoms with E-state index in [1.165, 1.54) is 5.56 Å². The number of fused-ring (bicyclic) bond motifs is 1. The van der Waals surface area contributed by atoms with Crippen molar-refractivity contribution in [3.8, 4) is 5.75 Å². The predicted molar refractivity (Wildman–Crippen MR) is 104 cm³/mol. The molecule has 1 N–H and O–H groups in total. The molecule has 130 valence electrons. The molecule has 0 saturated carbocycles. The molecule has 3 aromatic carbocycles. The van der Waals surface area contributed by atoms with Gasteiger partial charge >= 0.3 is 0 Å². The Kier molecular flexibility index (Phi) is 4.09. The standard InChI is InChI=1S/C22H20N2O2/c1-15-7-9-16(10-8-15)21-23-20-6-4-3-5-19(20)22(25)24(21)17-11-13-18(26-2)14-12-17/h3-14,21,23H,1-2H3/t21-/m1/s1. The van der Waals surface area contributed by atoms with Gasteiger partial charge in [0, 0.05) is 11.4 Å². The second-order valence-electron chi connectivity index (χ2n) is 6.38. The zero-order valence-electron chi connectivity index (χ0n) is 14.8. The number of aryl methyl sites for hydroxylation is 1. The van der Waals surface area contributed by atoms with Gasteiger partial charge in [0.1, 0.15) is 11.9 Å². The second kappa shape index (κ2) is 6.56. The summed E-state index contributed by atoms with van der Waals surface area (Å²) in [7, 11) is 1.63. The second-order valence-corrected chi connectivity index (χ2v) is 6.38. The van der Waals surface area contributed by atoms with E-state index in [4.69, 9.17) is 4.74 Å². The monoisotopic (exact) mass is 344 g/mol. The van der Waals surface area contributed by atoms with E-state index < -0.39 is 0 Å². The lowest BCUT2D eigenvalue weighted by Crippen LogP contribution is -2.43. The third-order valence-electron chi connectivity index (χ3n) is 4.67. The van der Waals surface area contributed by atoms with E-state index >= 15 is 0 Å². The molecule has 0 fully saturated rings. The topological polar surface area (TPSA) is 41.6 Å². The van der Waals surface area contributed by atoms with Crippen LogP contribution in [-0.4, -0.2) is 13.0 Å². The number of anilines is 2. The van der Waals surface area contributed by atoms with Crippen LogP contribution in [0.4, 0.5) is 11.4 Å². The van der Waals surface area contributed by atoms with E-state index in [0.717, 1.165) is 22.7 Å². The van der Waals surface area contributed by atoms with Crippen LogP contribution in [0.1, 0.15) is 27.7 Å². The van der Waals surface area contributed by atoms with Crippen molar-refractivity contribution in [1.82, 2.24) is 0 Å². The molecule has 4 nitrogen and oxygen atoms in total. The maximum absolute atomic E-state index is 13.3. The van der Waals surface area contributed by atoms with Crippen LogP contribution in [0.25, 0.3) is 0 Å². The van der Waals surface area contributed by atoms with E-state index in [1.54, 1.807) is 12.0 Å². The molecular weight excluding hydrogens is 324 g/mol. The lowest BCUT2D eigenvalue weighted by Gasteiger charge is -2.38. The third-order valence-corrected chi connectivity index (χ3v) is 4.67. The van der Waals surface area contributed by atoms with Gasteiger partial charge in [0.2, 0.25) is 0 Å². The van der Waals surface area contributed by atoms with E-state index in [2.05, 4.69) is 36.5 Å². The summed E-state index contributed by atoms with van der Waals surface area (Å²) in [5, 5.41) is 3.51. The molecule has 4 rings (SSSR count). The lowest BCUT2D eigenvalue weighted by molar-refractivity contribution is 0.0975. The highest BCUT2D eigenvalue weighted by Crippen LogP contribution is 2.37. The fourth-order valence-corrected chi connectivity index (χ4v) is 3.24. The molecule has 26 heavy (non-hydrogen) atoms. The molecule has 0 aliphatic carbocycles. The van der Waals surface area contributed by atoms with Crippen molar-refractivity contribution in [1.29, 1.82) is 0 Å². The number of para-hydroxylation sites is 1. The van der Waals surface area contributed by atoms with Crippen molar-refractivity contribution in [2.24, 2.45) is 0 Å². The van der Waals surface area contributed by atoms with Gasteiger partial charge in [-0.2, -0.15) is 0 Å². The highest BCUT2D eigenvalue weighted by molar-refractivity contribution is 6.12. The van der Waals surface area contributed by atoms with Crippen LogP contribution in [0, 0.1) is 6.92 Å². The van der Waals surface area contributed by atoms with Gasteiger partial charge in [-0.3, -0.25) is 9.69 Å². The summed E-state index contributed by atoms with van der Waals surface area (Å²) in [6.07, 6.45) is -0.272. The summed E-state index contributed by atoms with van der Waals surface area (Å²) in [6.45, 7) is 2.06. The van der Waals surface area contributed by atoms with Gasteiger partial charge in [-0.15, -0.1) is 0 Å². The zero-order valence-corrected chi connectivity index (χ0v) is 14.8. The number of amides is 1. The number of nitrogens with one attached hydrogen (secondary N) is 1. The van der Waals surface area contributed by atoms with Gasteiger partial charge in [0.25, 0.3) is 5.91 Å². The minimum atomic E-state index is -0.272. The van der Waals surface area contributed by atoms with Crippen LogP contribution in [0.2, 0.25) is 0 Å². The average molecular weight is 344 g/mol. The first-order chi connectivity index (χ1) is 12.7. The number of methoxy groups -OCH3 is 1. The fourth-order valence-electron chi connectivity index (χ4n) is 3.24. The summed E-state index contributed by atoms with van der Waals surface area (Å²) < 4.78 is 5.25. The Morgan fingerprint density at radius 3 is 2.31 bits per heavy atom. The van der Waals surface area contributed by atoms with Crippen molar-refractivity contribution in [3.05, 3.63) is 89.5 Å². The zero-order chi connectivity index (χ0) is 18.1. The Hall–Kier alpha value is -3.27. The van der Waals surface area contributed by atoms with Gasteiger partial charge in [-0.25, -0.2) is 0 Å². The van der Waals surface area contributed by atoms with Crippen LogP contribution in [0.3, 0.4) is 0 Å². The SMILES string of the molecule is COc1ccc(N2C(=O)c3ccccc3N[C@H]2c2ccc(C)cc2)cc1. The number of rotatable bonds is 3. The molecule has 0 spiro atoms. The minimum Gasteiger partial charge on any atom is -0.497 e. The van der Waals surface area contributed by atoms with E-state index in [-0.39, 0.29) is 12.1 Å². The highest BCUT2D eigenvalue weighted by atomic mass is 16.5. The number of carbonyl (C=O) groups excluding carboxylic acids is 1. The largest absolute Gasteiger partial charge is 0.497 e. The Morgan fingerprint density at radius 1 is 0.923 bits per heavy atom. The summed E-state index contributed by atoms with van der Waals surface area (Å²) in [5.41, 5.74) is 4.57. The first kappa shape index (κ1) is 16.2. The van der Waals surface area contributed by atoms with Crippen LogP contribution in [0.15, 0.2) is 72.8 Å². The molecule has 1 amide bonds. The van der Waals surface area contributed by atoms with Crippen LogP contribution in [-0.2, 0) is 0 Å². The van der Waals surface area contributed by atoms with Gasteiger partial charge in [-0.05, 0) is 48.9 Å². The lowest BCUT2D eigenvalue weighted by atomic mass is 10.0. The molecule has 1 aliphatic heterocycles. The van der Waals surface area contributed by atoms with Gasteiger partial charge in [0.05, 0.1) is 12.7 Å². The predicted octanol–water partition coefficient (Wildman–Crippen LogP) is 4.77. The quantitative estimate of drug-likeness (QED) is 0.744. The molecule has 0 saturated heterocycles. The molecule has 4 heteroatoms. The summed E-state index contributed by atoms with van der Waals surface area (Å²) in [5.74, 6) is 0.744. The molecule has 0 unspecified atom stereocenters. The minimum absolute atomic E-state index is 0.0184. The van der Waals surface area contributed by atoms with Crippen LogP contribution < -0.4 is 15.0 Å². The molecule has 3 aromatic rings. The number of nitrogens with zero attached hydrogens (tertiary/aromatic N) is 1. The van der Waals surface area contributed by atoms with Crippen molar-refractivity contribution in [2.75, 3.05) is 17.3 Å². The van der Waals surface area contributed by atoms with Crippen molar-refractivity contribution < 1.29 is 9.53 Å². The molecule has 1 aliphatic rings. The van der Waals surface area contributed by atoms with E-state index in [0.29, 0.717) is 5.56 Å². The van der Waals surface area contributed by atoms with Crippen molar-refractivity contribution in [3.63, 3.8) is 0 Å². The van der Waals surface area contributed by atoms with Crippen LogP contribution in [0.5, 0.6) is 5.75 Å². The Balaban J connectivity index is 1.82. The van der Waals surface area contributed by atoms with Crippen molar-refractivity contribution in [2.45, 2.75) is 13.1 Å². The first-order valence-corrected chi connectivity index (χ1v) is 8.57. The maximum atomic E-state index is 13.3. The molecular formula is C22H20N2O2. The summed E-state index contributed by atoms with van der Waals surface area (Å²) in [4.78, 5) is 15.1. The molecule has 0 bridgehead atoms. The third kappa shape index (κ3) is 2.80.